The van der Waals surface area contributed by atoms with Gasteiger partial charge in [0.1, 0.15) is 0 Å². The second kappa shape index (κ2) is 8.92. The van der Waals surface area contributed by atoms with Gasteiger partial charge in [-0.3, -0.25) is 0 Å². The van der Waals surface area contributed by atoms with Crippen molar-refractivity contribution in [3.63, 3.8) is 0 Å². The van der Waals surface area contributed by atoms with Crippen LogP contribution in [-0.2, 0) is 27.9 Å². The number of anilines is 1. The summed E-state index contributed by atoms with van der Waals surface area (Å²) in [5, 5.41) is 0.664. The Hall–Kier alpha value is -2.15. The lowest BCUT2D eigenvalue weighted by molar-refractivity contribution is 0.0723. The van der Waals surface area contributed by atoms with Crippen LogP contribution in [0.4, 0.5) is 11.4 Å². The molecule has 7 nitrogen and oxygen atoms in total. The topological polar surface area (TPSA) is 66.2 Å². The van der Waals surface area contributed by atoms with Crippen LogP contribution in [-0.4, -0.2) is 51.6 Å². The van der Waals surface area contributed by atoms with E-state index in [1.54, 1.807) is 6.07 Å². The molecule has 0 bridgehead atoms. The number of morpholine rings is 1. The fourth-order valence-corrected chi connectivity index (χ4v) is 5.54. The predicted molar refractivity (Wildman–Crippen MR) is 117 cm³/mol. The number of halogens is 1. The molecular weight excluding hydrogens is 424 g/mol. The predicted octanol–water partition coefficient (Wildman–Crippen LogP) is 2.99. The summed E-state index contributed by atoms with van der Waals surface area (Å²) in [6, 6.07) is 12.9. The van der Waals surface area contributed by atoms with Gasteiger partial charge in [0, 0.05) is 42.9 Å². The van der Waals surface area contributed by atoms with Gasteiger partial charge in [-0.05, 0) is 35.7 Å². The molecule has 4 rings (SSSR count). The molecule has 0 aromatic heterocycles. The summed E-state index contributed by atoms with van der Waals surface area (Å²) in [6.07, 6.45) is 0.536. The van der Waals surface area contributed by atoms with E-state index in [0.29, 0.717) is 56.5 Å². The number of nitrogens with one attached hydrogen (secondary N) is 1. The molecule has 1 fully saturated rings. The highest BCUT2D eigenvalue weighted by Crippen LogP contribution is 2.32. The van der Waals surface area contributed by atoms with Gasteiger partial charge in [0.15, 0.2) is 5.69 Å². The fourth-order valence-electron chi connectivity index (χ4n) is 3.96. The third kappa shape index (κ3) is 4.77. The molecule has 2 heterocycles. The van der Waals surface area contributed by atoms with E-state index in [9.17, 15) is 8.42 Å². The molecule has 0 saturated carbocycles. The maximum atomic E-state index is 12.9. The third-order valence-corrected chi connectivity index (χ3v) is 7.24. The van der Waals surface area contributed by atoms with Crippen molar-refractivity contribution in [2.45, 2.75) is 19.0 Å². The highest BCUT2D eigenvalue weighted by atomic mass is 35.5. The molecular formula is C21H23ClN4O3S. The highest BCUT2D eigenvalue weighted by molar-refractivity contribution is 7.87. The van der Waals surface area contributed by atoms with Gasteiger partial charge in [0.05, 0.1) is 19.8 Å². The molecule has 0 radical (unpaired) electrons. The van der Waals surface area contributed by atoms with Crippen molar-refractivity contribution in [2.75, 3.05) is 37.7 Å². The number of ether oxygens (including phenoxy) is 1. The van der Waals surface area contributed by atoms with Crippen LogP contribution in [0.2, 0.25) is 5.02 Å². The van der Waals surface area contributed by atoms with Gasteiger partial charge < -0.3 is 9.64 Å². The van der Waals surface area contributed by atoms with E-state index >= 15 is 0 Å². The number of nitrogens with zero attached hydrogens (tertiary/aromatic N) is 3. The van der Waals surface area contributed by atoms with Crippen molar-refractivity contribution < 1.29 is 13.2 Å². The molecule has 2 aromatic carbocycles. The van der Waals surface area contributed by atoms with E-state index < -0.39 is 10.2 Å². The largest absolute Gasteiger partial charge is 0.379 e. The van der Waals surface area contributed by atoms with Crippen molar-refractivity contribution in [1.29, 1.82) is 0 Å². The minimum Gasteiger partial charge on any atom is -0.379 e. The summed E-state index contributed by atoms with van der Waals surface area (Å²) >= 11 is 6.15. The van der Waals surface area contributed by atoms with Crippen molar-refractivity contribution in [3.8, 4) is 0 Å². The fraction of sp³-hybridized carbons (Fsp3) is 0.381. The Morgan fingerprint density at radius 1 is 1.20 bits per heavy atom. The van der Waals surface area contributed by atoms with Crippen molar-refractivity contribution in [3.05, 3.63) is 70.0 Å². The Labute approximate surface area is 182 Å². The van der Waals surface area contributed by atoms with Crippen LogP contribution in [0.5, 0.6) is 0 Å². The summed E-state index contributed by atoms with van der Waals surface area (Å²) in [7, 11) is -3.61. The van der Waals surface area contributed by atoms with Crippen molar-refractivity contribution >= 4 is 33.2 Å². The molecule has 0 amide bonds. The summed E-state index contributed by atoms with van der Waals surface area (Å²) in [6.45, 7) is 9.96. The first kappa shape index (κ1) is 21.1. The SMILES string of the molecule is [C-]#[N+]c1ccc2c(c1)CC(NS(=O)(=O)N1CCOCC1)CN2Cc1cccc(Cl)c1. The number of rotatable bonds is 5. The van der Waals surface area contributed by atoms with Crippen LogP contribution in [0.1, 0.15) is 11.1 Å². The number of fused-ring (bicyclic) bond motifs is 1. The van der Waals surface area contributed by atoms with Crippen LogP contribution in [0, 0.1) is 6.57 Å². The molecule has 2 aromatic rings. The van der Waals surface area contributed by atoms with E-state index in [0.717, 1.165) is 16.8 Å². The van der Waals surface area contributed by atoms with E-state index in [2.05, 4.69) is 14.5 Å². The van der Waals surface area contributed by atoms with Crippen LogP contribution in [0.15, 0.2) is 42.5 Å². The lowest BCUT2D eigenvalue weighted by Gasteiger charge is -2.38. The lowest BCUT2D eigenvalue weighted by Crippen LogP contribution is -2.54. The maximum absolute atomic E-state index is 12.9. The van der Waals surface area contributed by atoms with E-state index in [1.807, 2.05) is 36.4 Å². The van der Waals surface area contributed by atoms with Gasteiger partial charge in [-0.25, -0.2) is 4.85 Å². The second-order valence-electron chi connectivity index (χ2n) is 7.47. The maximum Gasteiger partial charge on any atom is 0.279 e. The molecule has 0 spiro atoms. The summed E-state index contributed by atoms with van der Waals surface area (Å²) in [5.74, 6) is 0. The van der Waals surface area contributed by atoms with E-state index in [1.165, 1.54) is 4.31 Å². The first-order chi connectivity index (χ1) is 14.4. The van der Waals surface area contributed by atoms with Gasteiger partial charge in [-0.2, -0.15) is 17.4 Å². The Bertz CT molecular complexity index is 1060. The van der Waals surface area contributed by atoms with Crippen molar-refractivity contribution in [1.82, 2.24) is 9.03 Å². The number of benzene rings is 2. The summed E-state index contributed by atoms with van der Waals surface area (Å²) < 4.78 is 35.3. The molecule has 1 N–H and O–H groups in total. The lowest BCUT2D eigenvalue weighted by atomic mass is 9.97. The zero-order valence-corrected chi connectivity index (χ0v) is 18.0. The molecule has 30 heavy (non-hydrogen) atoms. The van der Waals surface area contributed by atoms with Gasteiger partial charge in [-0.1, -0.05) is 35.9 Å². The van der Waals surface area contributed by atoms with E-state index in [-0.39, 0.29) is 6.04 Å². The van der Waals surface area contributed by atoms with Gasteiger partial charge in [0.2, 0.25) is 0 Å². The van der Waals surface area contributed by atoms with Gasteiger partial charge in [0.25, 0.3) is 10.2 Å². The first-order valence-corrected chi connectivity index (χ1v) is 11.6. The molecule has 158 valence electrons. The number of hydrogen-bond donors (Lipinski definition) is 1. The zero-order chi connectivity index (χ0) is 21.1. The first-order valence-electron chi connectivity index (χ1n) is 9.79. The van der Waals surface area contributed by atoms with Crippen LogP contribution in [0.3, 0.4) is 0 Å². The molecule has 9 heteroatoms. The van der Waals surface area contributed by atoms with Gasteiger partial charge in [-0.15, -0.1) is 0 Å². The van der Waals surface area contributed by atoms with Crippen molar-refractivity contribution in [2.24, 2.45) is 0 Å². The molecule has 1 unspecified atom stereocenters. The highest BCUT2D eigenvalue weighted by Gasteiger charge is 2.31. The second-order valence-corrected chi connectivity index (χ2v) is 9.61. The molecule has 2 aliphatic rings. The molecule has 2 aliphatic heterocycles. The standard InChI is InChI=1S/C21H23ClN4O3S/c1-23-19-5-6-21-17(12-19)13-20(24-30(27,28)26-7-9-29-10-8-26)15-25(21)14-16-3-2-4-18(22)11-16/h2-6,11-12,20,24H,7-10,13-15H2. The molecule has 0 aliphatic carbocycles. The third-order valence-electron chi connectivity index (χ3n) is 5.33. The zero-order valence-electron chi connectivity index (χ0n) is 16.4. The van der Waals surface area contributed by atoms with Crippen LogP contribution < -0.4 is 9.62 Å². The Balaban J connectivity index is 1.59. The van der Waals surface area contributed by atoms with E-state index in [4.69, 9.17) is 22.9 Å². The Kier molecular flexibility index (Phi) is 6.27. The molecule has 1 atom stereocenters. The normalized spacial score (nSPS) is 19.9. The smallest absolute Gasteiger partial charge is 0.279 e. The average Bonchev–Trinajstić information content (AvgIpc) is 2.73. The Morgan fingerprint density at radius 3 is 2.73 bits per heavy atom. The van der Waals surface area contributed by atoms with Crippen LogP contribution >= 0.6 is 11.6 Å². The molecule has 1 saturated heterocycles. The monoisotopic (exact) mass is 446 g/mol. The summed E-state index contributed by atoms with van der Waals surface area (Å²) in [4.78, 5) is 5.67. The Morgan fingerprint density at radius 2 is 2.00 bits per heavy atom. The minimum atomic E-state index is -3.61. The van der Waals surface area contributed by atoms with Gasteiger partial charge >= 0.3 is 0 Å². The number of hydrogen-bond acceptors (Lipinski definition) is 4. The summed E-state index contributed by atoms with van der Waals surface area (Å²) in [5.41, 5.74) is 3.57. The van der Waals surface area contributed by atoms with Crippen LogP contribution in [0.25, 0.3) is 4.85 Å². The quantitative estimate of drug-likeness (QED) is 0.717. The minimum absolute atomic E-state index is 0.300. The average molecular weight is 447 g/mol.